The molecule has 2 aliphatic rings. The predicted molar refractivity (Wildman–Crippen MR) is 128 cm³/mol. The molecular formula is C25H30ClN5O. The molecule has 1 N–H and O–H groups in total. The predicted octanol–water partition coefficient (Wildman–Crippen LogP) is 4.05. The zero-order valence-corrected chi connectivity index (χ0v) is 19.6. The SMILES string of the molecule is CC(C)Cc1nc(N2CCN(CC(=O)Nc3cccc(Cl)c3)CC2)c(C#N)c2c1CCC2. The van der Waals surface area contributed by atoms with Gasteiger partial charge in [0.05, 0.1) is 12.1 Å². The fourth-order valence-electron chi connectivity index (χ4n) is 4.71. The van der Waals surface area contributed by atoms with Crippen molar-refractivity contribution in [1.29, 1.82) is 5.26 Å². The standard InChI is InChI=1S/C25H30ClN5O/c1-17(2)13-23-21-8-4-7-20(21)22(15-27)25(29-23)31-11-9-30(10-12-31)16-24(32)28-19-6-3-5-18(26)14-19/h3,5-6,14,17H,4,7-13,16H2,1-2H3,(H,28,32). The normalized spacial score (nSPS) is 16.2. The van der Waals surface area contributed by atoms with Gasteiger partial charge in [0.25, 0.3) is 0 Å². The maximum atomic E-state index is 12.5. The van der Waals surface area contributed by atoms with Crippen LogP contribution in [0, 0.1) is 17.2 Å². The summed E-state index contributed by atoms with van der Waals surface area (Å²) in [4.78, 5) is 21.8. The number of aromatic nitrogens is 1. The smallest absolute Gasteiger partial charge is 0.238 e. The molecule has 2 heterocycles. The molecule has 0 atom stereocenters. The molecule has 32 heavy (non-hydrogen) atoms. The fraction of sp³-hybridized carbons (Fsp3) is 0.480. The first-order valence-electron chi connectivity index (χ1n) is 11.4. The lowest BCUT2D eigenvalue weighted by Crippen LogP contribution is -2.49. The van der Waals surface area contributed by atoms with Crippen molar-refractivity contribution in [2.75, 3.05) is 42.9 Å². The summed E-state index contributed by atoms with van der Waals surface area (Å²) in [5, 5.41) is 13.4. The summed E-state index contributed by atoms with van der Waals surface area (Å²) < 4.78 is 0. The van der Waals surface area contributed by atoms with Crippen LogP contribution in [0.15, 0.2) is 24.3 Å². The van der Waals surface area contributed by atoms with E-state index in [1.807, 2.05) is 12.1 Å². The quantitative estimate of drug-likeness (QED) is 0.717. The highest BCUT2D eigenvalue weighted by molar-refractivity contribution is 6.30. The van der Waals surface area contributed by atoms with Crippen molar-refractivity contribution in [3.8, 4) is 6.07 Å². The van der Waals surface area contributed by atoms with Gasteiger partial charge in [0.15, 0.2) is 0 Å². The number of carbonyl (C=O) groups is 1. The zero-order chi connectivity index (χ0) is 22.7. The van der Waals surface area contributed by atoms with Gasteiger partial charge >= 0.3 is 0 Å². The number of hydrogen-bond donors (Lipinski definition) is 1. The molecular weight excluding hydrogens is 422 g/mol. The van der Waals surface area contributed by atoms with Gasteiger partial charge in [-0.1, -0.05) is 31.5 Å². The number of hydrogen-bond acceptors (Lipinski definition) is 5. The molecule has 0 spiro atoms. The number of rotatable bonds is 6. The summed E-state index contributed by atoms with van der Waals surface area (Å²) in [6.45, 7) is 7.79. The van der Waals surface area contributed by atoms with Gasteiger partial charge in [-0.3, -0.25) is 9.69 Å². The van der Waals surface area contributed by atoms with Crippen LogP contribution in [0.3, 0.4) is 0 Å². The minimum Gasteiger partial charge on any atom is -0.353 e. The van der Waals surface area contributed by atoms with Crippen LogP contribution >= 0.6 is 11.6 Å². The molecule has 0 unspecified atom stereocenters. The second kappa shape index (κ2) is 9.89. The molecule has 168 valence electrons. The molecule has 1 aliphatic carbocycles. The van der Waals surface area contributed by atoms with Gasteiger partial charge in [0.2, 0.25) is 5.91 Å². The number of piperazine rings is 1. The van der Waals surface area contributed by atoms with Gasteiger partial charge < -0.3 is 10.2 Å². The van der Waals surface area contributed by atoms with Gasteiger partial charge in [-0.2, -0.15) is 5.26 Å². The van der Waals surface area contributed by atoms with E-state index in [0.29, 0.717) is 23.2 Å². The number of benzene rings is 1. The third-order valence-corrected chi connectivity index (χ3v) is 6.43. The van der Waals surface area contributed by atoms with Crippen LogP contribution in [0.1, 0.15) is 42.7 Å². The van der Waals surface area contributed by atoms with E-state index >= 15 is 0 Å². The number of anilines is 2. The van der Waals surface area contributed by atoms with Crippen LogP contribution in [-0.4, -0.2) is 48.5 Å². The highest BCUT2D eigenvalue weighted by atomic mass is 35.5. The third kappa shape index (κ3) is 5.06. The van der Waals surface area contributed by atoms with Gasteiger partial charge in [-0.15, -0.1) is 0 Å². The van der Waals surface area contributed by atoms with Gasteiger partial charge in [0.1, 0.15) is 11.9 Å². The van der Waals surface area contributed by atoms with E-state index in [-0.39, 0.29) is 5.91 Å². The van der Waals surface area contributed by atoms with Crippen LogP contribution in [0.4, 0.5) is 11.5 Å². The lowest BCUT2D eigenvalue weighted by Gasteiger charge is -2.36. The maximum Gasteiger partial charge on any atom is 0.238 e. The first kappa shape index (κ1) is 22.6. The summed E-state index contributed by atoms with van der Waals surface area (Å²) in [6, 6.07) is 9.64. The van der Waals surface area contributed by atoms with Crippen molar-refractivity contribution in [3.63, 3.8) is 0 Å². The van der Waals surface area contributed by atoms with E-state index in [2.05, 4.69) is 35.0 Å². The molecule has 0 saturated carbocycles. The Morgan fingerprint density at radius 1 is 1.22 bits per heavy atom. The Bertz CT molecular complexity index is 1040. The van der Waals surface area contributed by atoms with E-state index in [1.54, 1.807) is 12.1 Å². The number of nitrogens with one attached hydrogen (secondary N) is 1. The number of nitriles is 1. The van der Waals surface area contributed by atoms with Crippen LogP contribution in [0.25, 0.3) is 0 Å². The number of halogens is 1. The summed E-state index contributed by atoms with van der Waals surface area (Å²) in [5.41, 5.74) is 5.17. The van der Waals surface area contributed by atoms with Gasteiger partial charge in [-0.05, 0) is 60.9 Å². The van der Waals surface area contributed by atoms with Crippen LogP contribution in [-0.2, 0) is 24.1 Å². The maximum absolute atomic E-state index is 12.5. The lowest BCUT2D eigenvalue weighted by atomic mass is 9.97. The number of carbonyl (C=O) groups excluding carboxylic acids is 1. The molecule has 1 aromatic carbocycles. The third-order valence-electron chi connectivity index (χ3n) is 6.19. The zero-order valence-electron chi connectivity index (χ0n) is 18.8. The molecule has 6 nitrogen and oxygen atoms in total. The summed E-state index contributed by atoms with van der Waals surface area (Å²) in [5.74, 6) is 1.32. The molecule has 0 bridgehead atoms. The van der Waals surface area contributed by atoms with E-state index in [0.717, 1.165) is 63.2 Å². The average Bonchev–Trinajstić information content (AvgIpc) is 3.24. The Labute approximate surface area is 195 Å². The second-order valence-electron chi connectivity index (χ2n) is 9.10. The van der Waals surface area contributed by atoms with Crippen LogP contribution < -0.4 is 10.2 Å². The highest BCUT2D eigenvalue weighted by Gasteiger charge is 2.28. The number of fused-ring (bicyclic) bond motifs is 1. The van der Waals surface area contributed by atoms with Crippen molar-refractivity contribution in [2.45, 2.75) is 39.5 Å². The van der Waals surface area contributed by atoms with E-state index in [9.17, 15) is 10.1 Å². The molecule has 4 rings (SSSR count). The minimum atomic E-state index is -0.0479. The minimum absolute atomic E-state index is 0.0479. The van der Waals surface area contributed by atoms with Crippen LogP contribution in [0.2, 0.25) is 5.02 Å². The Balaban J connectivity index is 1.43. The molecule has 1 saturated heterocycles. The van der Waals surface area contributed by atoms with E-state index in [4.69, 9.17) is 16.6 Å². The molecule has 1 aromatic heterocycles. The Hall–Kier alpha value is -2.62. The molecule has 0 radical (unpaired) electrons. The van der Waals surface area contributed by atoms with Crippen molar-refractivity contribution in [2.24, 2.45) is 5.92 Å². The molecule has 1 amide bonds. The molecule has 1 aliphatic heterocycles. The number of nitrogens with zero attached hydrogens (tertiary/aromatic N) is 4. The fourth-order valence-corrected chi connectivity index (χ4v) is 4.90. The highest BCUT2D eigenvalue weighted by Crippen LogP contribution is 2.34. The average molecular weight is 452 g/mol. The summed E-state index contributed by atoms with van der Waals surface area (Å²) >= 11 is 6.00. The Kier molecular flexibility index (Phi) is 6.98. The molecule has 1 fully saturated rings. The Morgan fingerprint density at radius 2 is 1.97 bits per heavy atom. The van der Waals surface area contributed by atoms with E-state index in [1.165, 1.54) is 16.8 Å². The summed E-state index contributed by atoms with van der Waals surface area (Å²) in [6.07, 6.45) is 4.07. The summed E-state index contributed by atoms with van der Waals surface area (Å²) in [7, 11) is 0. The number of amides is 1. The van der Waals surface area contributed by atoms with Crippen molar-refractivity contribution in [1.82, 2.24) is 9.88 Å². The van der Waals surface area contributed by atoms with Crippen molar-refractivity contribution in [3.05, 3.63) is 51.7 Å². The van der Waals surface area contributed by atoms with Crippen LogP contribution in [0.5, 0.6) is 0 Å². The second-order valence-corrected chi connectivity index (χ2v) is 9.54. The molecule has 2 aromatic rings. The van der Waals surface area contributed by atoms with E-state index < -0.39 is 0 Å². The topological polar surface area (TPSA) is 72.3 Å². The van der Waals surface area contributed by atoms with Gasteiger partial charge in [0, 0.05) is 42.6 Å². The first-order chi connectivity index (χ1) is 15.4. The van der Waals surface area contributed by atoms with Crippen molar-refractivity contribution >= 4 is 29.0 Å². The molecule has 7 heteroatoms. The van der Waals surface area contributed by atoms with Gasteiger partial charge in [-0.25, -0.2) is 4.98 Å². The lowest BCUT2D eigenvalue weighted by molar-refractivity contribution is -0.117. The largest absolute Gasteiger partial charge is 0.353 e. The first-order valence-corrected chi connectivity index (χ1v) is 11.8. The monoisotopic (exact) mass is 451 g/mol. The number of pyridine rings is 1. The van der Waals surface area contributed by atoms with Crippen molar-refractivity contribution < 1.29 is 4.79 Å². The Morgan fingerprint density at radius 3 is 2.66 bits per heavy atom.